The first-order chi connectivity index (χ1) is 16.4. The Morgan fingerprint density at radius 3 is 2.54 bits per heavy atom. The van der Waals surface area contributed by atoms with Crippen LogP contribution in [-0.2, 0) is 20.8 Å². The Labute approximate surface area is 199 Å². The summed E-state index contributed by atoms with van der Waals surface area (Å²) in [7, 11) is 4.96. The number of Topliss-reactive ketones (excluding diaryl/α,β-unsaturated/α-hetero) is 2. The zero-order valence-electron chi connectivity index (χ0n) is 19.4. The number of aromatic nitrogens is 3. The van der Waals surface area contributed by atoms with Crippen LogP contribution in [0, 0.1) is 0 Å². The molecule has 0 fully saturated rings. The van der Waals surface area contributed by atoms with E-state index < -0.39 is 47.7 Å². The molecule has 12 heteroatoms. The zero-order chi connectivity index (χ0) is 25.4. The second kappa shape index (κ2) is 7.62. The first-order valence-electron chi connectivity index (χ1n) is 11.2. The van der Waals surface area contributed by atoms with E-state index in [2.05, 4.69) is 9.97 Å². The van der Waals surface area contributed by atoms with Gasteiger partial charge in [-0.15, -0.1) is 0 Å². The van der Waals surface area contributed by atoms with Gasteiger partial charge in [-0.3, -0.25) is 9.59 Å². The smallest absolute Gasteiger partial charge is 0.365 e. The molecule has 4 N–H and O–H groups in total. The Morgan fingerprint density at radius 2 is 1.91 bits per heavy atom. The van der Waals surface area contributed by atoms with Crippen LogP contribution in [0.1, 0.15) is 45.9 Å². The van der Waals surface area contributed by atoms with E-state index in [1.54, 1.807) is 36.8 Å². The monoisotopic (exact) mass is 484 g/mol. The average Bonchev–Trinajstić information content (AvgIpc) is 3.42. The van der Waals surface area contributed by atoms with Crippen molar-refractivity contribution in [3.05, 3.63) is 46.8 Å². The van der Waals surface area contributed by atoms with E-state index in [0.29, 0.717) is 29.8 Å². The molecule has 0 radical (unpaired) electrons. The van der Waals surface area contributed by atoms with E-state index in [1.807, 2.05) is 0 Å². The molecule has 2 aromatic heterocycles. The summed E-state index contributed by atoms with van der Waals surface area (Å²) in [5, 5.41) is 30.3. The number of hydrogen-bond donors (Lipinski definition) is 4. The van der Waals surface area contributed by atoms with E-state index >= 15 is 0 Å². The molecule has 5 rings (SSSR count). The van der Waals surface area contributed by atoms with Crippen LogP contribution >= 0.6 is 0 Å². The summed E-state index contributed by atoms with van der Waals surface area (Å²) in [5.41, 5.74) is 2.19. The molecule has 0 saturated heterocycles. The summed E-state index contributed by atoms with van der Waals surface area (Å²) in [6.45, 7) is 0.332. The van der Waals surface area contributed by atoms with Gasteiger partial charge in [-0.25, -0.2) is 14.6 Å². The lowest BCUT2D eigenvalue weighted by Gasteiger charge is -2.44. The van der Waals surface area contributed by atoms with Gasteiger partial charge < -0.3 is 34.3 Å². The number of aromatic amines is 1. The number of H-pyrrole nitrogens is 1. The van der Waals surface area contributed by atoms with Crippen molar-refractivity contribution in [2.45, 2.75) is 37.1 Å². The highest BCUT2D eigenvalue weighted by atomic mass is 16.4. The number of hydrogen-bond acceptors (Lipinski definition) is 7. The maximum absolute atomic E-state index is 13.3. The fourth-order valence-corrected chi connectivity index (χ4v) is 5.55. The number of carboxylic acid groups (broad SMARTS) is 2. The topological polar surface area (TPSA) is 166 Å². The van der Waals surface area contributed by atoms with Crippen LogP contribution in [0.4, 0.5) is 0 Å². The number of likely N-dealkylation sites (N-methyl/N-ethyl adjacent to an activating group) is 1. The minimum absolute atomic E-state index is 0.0420. The zero-order valence-corrected chi connectivity index (χ0v) is 19.4. The summed E-state index contributed by atoms with van der Waals surface area (Å²) in [6, 6.07) is -2.67. The van der Waals surface area contributed by atoms with Gasteiger partial charge in [0.15, 0.2) is 6.10 Å². The van der Waals surface area contributed by atoms with Crippen molar-refractivity contribution in [1.29, 1.82) is 0 Å². The predicted octanol–water partition coefficient (Wildman–Crippen LogP) is -0.163. The molecular weight excluding hydrogens is 458 g/mol. The lowest BCUT2D eigenvalue weighted by molar-refractivity contribution is -0.891. The van der Waals surface area contributed by atoms with Gasteiger partial charge in [-0.05, 0) is 12.0 Å². The van der Waals surface area contributed by atoms with Crippen LogP contribution in [0.3, 0.4) is 0 Å². The average molecular weight is 484 g/mol. The van der Waals surface area contributed by atoms with E-state index in [4.69, 9.17) is 0 Å². The number of allylic oxidation sites excluding steroid dienone is 1. The van der Waals surface area contributed by atoms with Crippen LogP contribution in [0.25, 0.3) is 5.70 Å². The van der Waals surface area contributed by atoms with Crippen molar-refractivity contribution in [2.24, 2.45) is 0 Å². The molecule has 0 spiro atoms. The van der Waals surface area contributed by atoms with Crippen molar-refractivity contribution in [2.75, 3.05) is 27.7 Å². The van der Waals surface area contributed by atoms with Crippen LogP contribution in [-0.4, -0.2) is 103 Å². The second-order valence-corrected chi connectivity index (χ2v) is 10.1. The van der Waals surface area contributed by atoms with Crippen LogP contribution < -0.4 is 0 Å². The highest BCUT2D eigenvalue weighted by Gasteiger charge is 2.49. The predicted molar refractivity (Wildman–Crippen MR) is 119 cm³/mol. The van der Waals surface area contributed by atoms with Gasteiger partial charge in [0.2, 0.25) is 17.6 Å². The summed E-state index contributed by atoms with van der Waals surface area (Å²) >= 11 is 0. The third-order valence-corrected chi connectivity index (χ3v) is 7.14. The number of aliphatic hydroxyl groups is 1. The van der Waals surface area contributed by atoms with Gasteiger partial charge in [0.25, 0.3) is 0 Å². The normalized spacial score (nSPS) is 23.3. The Bertz CT molecular complexity index is 1310. The Kier molecular flexibility index (Phi) is 5.00. The minimum Gasteiger partial charge on any atom is -0.480 e. The number of carbonyl (C=O) groups is 4. The quantitative estimate of drug-likeness (QED) is 0.322. The highest BCUT2D eigenvalue weighted by molar-refractivity contribution is 6.52. The first kappa shape index (κ1) is 23.0. The molecule has 0 aromatic carbocycles. The molecule has 0 amide bonds. The van der Waals surface area contributed by atoms with Crippen molar-refractivity contribution in [3.63, 3.8) is 0 Å². The van der Waals surface area contributed by atoms with Gasteiger partial charge >= 0.3 is 11.9 Å². The van der Waals surface area contributed by atoms with Gasteiger partial charge in [-0.1, -0.05) is 0 Å². The molecule has 184 valence electrons. The number of aliphatic hydroxyl groups excluding tert-OH is 1. The number of nitrogens with zero attached hydrogens (tertiary/aromatic N) is 4. The third-order valence-electron chi connectivity index (χ3n) is 7.14. The Morgan fingerprint density at radius 1 is 1.20 bits per heavy atom. The van der Waals surface area contributed by atoms with E-state index in [9.17, 15) is 34.5 Å². The van der Waals surface area contributed by atoms with Crippen molar-refractivity contribution in [1.82, 2.24) is 19.4 Å². The number of imidazole rings is 1. The maximum atomic E-state index is 13.3. The summed E-state index contributed by atoms with van der Waals surface area (Å²) < 4.78 is 1.55. The van der Waals surface area contributed by atoms with Crippen molar-refractivity contribution in [3.8, 4) is 0 Å². The standard InChI is InChI=1S/C23H25N5O7/c1-28(2,3)18(23(34)35)19(29)11-8-26(9-25-11)12-4-5-27-13(22(32)33)6-10-7-24-16-14(10)17(27)15(12)20(30)21(16)31/h7-9,12-13,18-19,29H,4-6H2,1-3H3,(H2-,24,30,31,32,33,34,35)/p+1. The highest BCUT2D eigenvalue weighted by Crippen LogP contribution is 2.47. The molecule has 0 bridgehead atoms. The van der Waals surface area contributed by atoms with E-state index in [-0.39, 0.29) is 27.9 Å². The number of ketones is 2. The SMILES string of the molecule is C[N+](C)(C)C(C(=O)O)C(O)c1cn(C2CCN3C4=C2C(=O)C(=O)c2[nH]cc(c24)CC3C(=O)O)cn1. The molecule has 1 aliphatic carbocycles. The van der Waals surface area contributed by atoms with Gasteiger partial charge in [0.1, 0.15) is 11.7 Å². The fraction of sp³-hybridized carbons (Fsp3) is 0.435. The van der Waals surface area contributed by atoms with Crippen LogP contribution in [0.15, 0.2) is 24.3 Å². The van der Waals surface area contributed by atoms with Gasteiger partial charge in [-0.2, -0.15) is 0 Å². The molecule has 4 atom stereocenters. The molecule has 2 aromatic rings. The number of nitrogens with one attached hydrogen (secondary N) is 1. The van der Waals surface area contributed by atoms with E-state index in [1.165, 1.54) is 12.5 Å². The maximum Gasteiger partial charge on any atom is 0.365 e. The molecule has 4 heterocycles. The van der Waals surface area contributed by atoms with Crippen LogP contribution in [0.5, 0.6) is 0 Å². The van der Waals surface area contributed by atoms with E-state index in [0.717, 1.165) is 0 Å². The van der Waals surface area contributed by atoms with Crippen LogP contribution in [0.2, 0.25) is 0 Å². The minimum atomic E-state index is -1.41. The molecule has 35 heavy (non-hydrogen) atoms. The second-order valence-electron chi connectivity index (χ2n) is 10.1. The molecule has 12 nitrogen and oxygen atoms in total. The van der Waals surface area contributed by atoms with Gasteiger partial charge in [0.05, 0.1) is 50.5 Å². The molecule has 3 aliphatic rings. The first-order valence-corrected chi connectivity index (χ1v) is 11.2. The van der Waals surface area contributed by atoms with Crippen molar-refractivity contribution < 1.29 is 39.0 Å². The Hall–Kier alpha value is -3.77. The lowest BCUT2D eigenvalue weighted by atomic mass is 9.78. The molecule has 4 unspecified atom stereocenters. The third kappa shape index (κ3) is 3.32. The number of carbonyl (C=O) groups excluding carboxylic acids is 2. The Balaban J connectivity index is 1.60. The number of rotatable bonds is 6. The molecule has 2 aliphatic heterocycles. The van der Waals surface area contributed by atoms with Crippen molar-refractivity contribution >= 4 is 29.2 Å². The summed E-state index contributed by atoms with van der Waals surface area (Å²) in [4.78, 5) is 58.8. The summed E-state index contributed by atoms with van der Waals surface area (Å²) in [5.74, 6) is -3.59. The molecular formula is C23H26N5O7+. The molecule has 0 saturated carbocycles. The summed E-state index contributed by atoms with van der Waals surface area (Å²) in [6.07, 6.45) is 3.62. The lowest BCUT2D eigenvalue weighted by Crippen LogP contribution is -2.53. The fourth-order valence-electron chi connectivity index (χ4n) is 5.55. The number of quaternary nitrogens is 1. The largest absolute Gasteiger partial charge is 0.480 e. The van der Waals surface area contributed by atoms with Gasteiger partial charge in [0, 0.05) is 30.9 Å². The number of aliphatic carboxylic acids is 2. The number of carboxylic acids is 2.